The van der Waals surface area contributed by atoms with Crippen LogP contribution in [0.4, 0.5) is 28.4 Å². The summed E-state index contributed by atoms with van der Waals surface area (Å²) < 4.78 is 25.1. The van der Waals surface area contributed by atoms with E-state index in [9.17, 15) is 24.9 Å². The van der Waals surface area contributed by atoms with Crippen LogP contribution in [-0.2, 0) is 48.9 Å². The number of unbranched alkanes of at least 4 members (excludes halogenated alkanes) is 2. The first-order chi connectivity index (χ1) is 40.2. The van der Waals surface area contributed by atoms with Crippen LogP contribution in [0, 0.1) is 5.92 Å². The number of anilines is 5. The molecule has 18 heteroatoms. The summed E-state index contributed by atoms with van der Waals surface area (Å²) >= 11 is 0. The fourth-order valence-electron chi connectivity index (χ4n) is 13.9. The molecular formula is C65H82N6O11Si. The zero-order chi connectivity index (χ0) is 58.6. The Kier molecular flexibility index (Phi) is 18.4. The van der Waals surface area contributed by atoms with Gasteiger partial charge >= 0.3 is 0 Å². The predicted molar refractivity (Wildman–Crippen MR) is 323 cm³/mol. The number of hydrogen-bond acceptors (Lipinski definition) is 13. The number of nitrogens with zero attached hydrogens (tertiary/aromatic N) is 4. The Balaban J connectivity index is 1.09. The third-order valence-electron chi connectivity index (χ3n) is 17.9. The van der Waals surface area contributed by atoms with Gasteiger partial charge in [0.1, 0.15) is 17.2 Å². The number of rotatable bonds is 24. The van der Waals surface area contributed by atoms with Crippen LogP contribution in [0.15, 0.2) is 103 Å². The number of carbonyl (C=O) groups excluding carboxylic acids is 4. The third-order valence-corrected chi connectivity index (χ3v) is 22.3. The lowest BCUT2D eigenvalue weighted by molar-refractivity contribution is -0.150. The van der Waals surface area contributed by atoms with Crippen molar-refractivity contribution >= 4 is 65.3 Å². The van der Waals surface area contributed by atoms with Crippen molar-refractivity contribution < 1.29 is 53.4 Å². The lowest BCUT2D eigenvalue weighted by atomic mass is 9.82. The summed E-state index contributed by atoms with van der Waals surface area (Å²) in [5.41, 5.74) is 4.51. The average Bonchev–Trinajstić information content (AvgIpc) is 1.64. The Morgan fingerprint density at radius 2 is 1.30 bits per heavy atom. The zero-order valence-corrected chi connectivity index (χ0v) is 49.9. The maximum absolute atomic E-state index is 16.5. The second-order valence-electron chi connectivity index (χ2n) is 23.3. The molecule has 5 aliphatic heterocycles. The highest BCUT2D eigenvalue weighted by Crippen LogP contribution is 2.61. The molecule has 4 amide bonds. The van der Waals surface area contributed by atoms with Crippen molar-refractivity contribution in [3.8, 4) is 17.2 Å². The summed E-state index contributed by atoms with van der Waals surface area (Å²) in [6.07, 6.45) is 4.26. The first-order valence-corrected chi connectivity index (χ1v) is 32.9. The molecule has 5 aromatic rings. The highest BCUT2D eigenvalue weighted by atomic mass is 28.3. The normalized spacial score (nSPS) is 23.0. The molecule has 7 atom stereocenters. The van der Waals surface area contributed by atoms with Gasteiger partial charge in [0.05, 0.1) is 89.3 Å². The first-order valence-electron chi connectivity index (χ1n) is 29.9. The maximum Gasteiger partial charge on any atom is 0.264 e. The number of carbonyl (C=O) groups is 4. The number of methoxy groups -OCH3 is 1. The molecule has 5 heterocycles. The van der Waals surface area contributed by atoms with Gasteiger partial charge in [-0.3, -0.25) is 29.0 Å². The van der Waals surface area contributed by atoms with Gasteiger partial charge < -0.3 is 54.7 Å². The summed E-state index contributed by atoms with van der Waals surface area (Å²) in [5, 5.41) is 37.6. The van der Waals surface area contributed by atoms with Crippen molar-refractivity contribution in [1.29, 1.82) is 0 Å². The van der Waals surface area contributed by atoms with Crippen molar-refractivity contribution in [1.82, 2.24) is 15.5 Å². The van der Waals surface area contributed by atoms with E-state index in [1.807, 2.05) is 105 Å². The van der Waals surface area contributed by atoms with Gasteiger partial charge in [-0.05, 0) is 179 Å². The van der Waals surface area contributed by atoms with E-state index in [-0.39, 0.29) is 68.0 Å². The summed E-state index contributed by atoms with van der Waals surface area (Å²) in [6.45, 7) is 13.2. The summed E-state index contributed by atoms with van der Waals surface area (Å²) in [4.78, 5) is 68.1. The van der Waals surface area contributed by atoms with Crippen LogP contribution in [-0.4, -0.2) is 136 Å². The van der Waals surface area contributed by atoms with Crippen LogP contribution in [0.25, 0.3) is 0 Å². The summed E-state index contributed by atoms with van der Waals surface area (Å²) in [5.74, 6) is 0.918. The number of nitrogens with one attached hydrogen (secondary N) is 2. The molecule has 5 N–H and O–H groups in total. The minimum Gasteiger partial charge on any atom is -0.497 e. The summed E-state index contributed by atoms with van der Waals surface area (Å²) in [7, 11) is -1.11. The van der Waals surface area contributed by atoms with Gasteiger partial charge in [-0.1, -0.05) is 49.5 Å². The summed E-state index contributed by atoms with van der Waals surface area (Å²) in [6, 6.07) is 31.7. The topological polar surface area (TPSA) is 203 Å². The largest absolute Gasteiger partial charge is 0.497 e. The third kappa shape index (κ3) is 11.6. The molecular weight excluding hydrogens is 1070 g/mol. The number of hydrogen-bond donors (Lipinski definition) is 5. The monoisotopic (exact) mass is 1150 g/mol. The highest BCUT2D eigenvalue weighted by Gasteiger charge is 2.67. The number of benzene rings is 5. The number of ether oxygens (including phenoxy) is 4. The molecule has 0 radical (unpaired) electrons. The van der Waals surface area contributed by atoms with E-state index in [0.29, 0.717) is 118 Å². The van der Waals surface area contributed by atoms with Crippen molar-refractivity contribution in [2.45, 2.75) is 134 Å². The van der Waals surface area contributed by atoms with Crippen molar-refractivity contribution in [3.63, 3.8) is 0 Å². The molecule has 1 spiro atoms. The minimum atomic E-state index is -2.75. The Morgan fingerprint density at radius 1 is 0.723 bits per heavy atom. The molecule has 5 aliphatic rings. The highest BCUT2D eigenvalue weighted by molar-refractivity contribution is 6.91. The number of aliphatic hydroxyl groups excluding tert-OH is 3. The van der Waals surface area contributed by atoms with Crippen LogP contribution in [0.3, 0.4) is 0 Å². The molecule has 0 bridgehead atoms. The molecule has 0 saturated carbocycles. The first kappa shape index (κ1) is 59.5. The van der Waals surface area contributed by atoms with E-state index in [1.54, 1.807) is 26.7 Å². The molecule has 0 aromatic heterocycles. The number of fused-ring (bicyclic) bond motifs is 4. The van der Waals surface area contributed by atoms with Crippen LogP contribution in [0.2, 0.25) is 18.6 Å². The molecule has 5 aromatic carbocycles. The van der Waals surface area contributed by atoms with Crippen molar-refractivity contribution in [3.05, 3.63) is 125 Å². The van der Waals surface area contributed by atoms with E-state index in [0.717, 1.165) is 39.7 Å². The average molecular weight is 1150 g/mol. The second kappa shape index (κ2) is 25.7. The molecule has 17 nitrogen and oxygen atoms in total. The van der Waals surface area contributed by atoms with Gasteiger partial charge in [-0.15, -0.1) is 0 Å². The molecule has 2 saturated heterocycles. The molecule has 442 valence electrons. The fourth-order valence-corrected chi connectivity index (χ4v) is 17.9. The number of likely N-dealkylation sites (tertiary alicyclic amines) is 1. The smallest absolute Gasteiger partial charge is 0.264 e. The van der Waals surface area contributed by atoms with Gasteiger partial charge in [-0.2, -0.15) is 0 Å². The number of aliphatic hydroxyl groups is 3. The molecule has 0 aliphatic carbocycles. The second-order valence-corrected chi connectivity index (χ2v) is 28.0. The van der Waals surface area contributed by atoms with Gasteiger partial charge in [-0.25, -0.2) is 0 Å². The fraction of sp³-hybridized carbons (Fsp3) is 0.477. The van der Waals surface area contributed by atoms with Crippen LogP contribution < -0.4 is 44.7 Å². The van der Waals surface area contributed by atoms with Crippen molar-refractivity contribution in [2.24, 2.45) is 5.92 Å². The van der Waals surface area contributed by atoms with Gasteiger partial charge in [0, 0.05) is 42.6 Å². The van der Waals surface area contributed by atoms with Gasteiger partial charge in [0.15, 0.2) is 5.60 Å². The number of amides is 4. The maximum atomic E-state index is 16.5. The Hall–Kier alpha value is -6.64. The molecule has 2 unspecified atom stereocenters. The van der Waals surface area contributed by atoms with Crippen molar-refractivity contribution in [2.75, 3.05) is 74.5 Å². The lowest BCUT2D eigenvalue weighted by Gasteiger charge is -2.37. The van der Waals surface area contributed by atoms with Gasteiger partial charge in [0.2, 0.25) is 17.7 Å². The lowest BCUT2D eigenvalue weighted by Crippen LogP contribution is -2.52. The SMILES string of the molecule is CCOc1ccc2c(c1)CC(NCCCCO)C(=O)N2c1cccc(CN2C(=O)[C@@]3(O[C@@H](CC(=O)N4CCC[C@H]4CO)[C@H]([Si](C)(C)c4ccc(OC)cc4)[C@H]3C)c3cc(N4C(=O)C(NCCCCO)Cc5cc(OCC)ccc54)ccc32)c1. The van der Waals surface area contributed by atoms with E-state index < -0.39 is 37.8 Å². The van der Waals surface area contributed by atoms with Crippen LogP contribution >= 0.6 is 0 Å². The molecule has 83 heavy (non-hydrogen) atoms. The van der Waals surface area contributed by atoms with E-state index >= 15 is 9.59 Å². The van der Waals surface area contributed by atoms with Crippen LogP contribution in [0.5, 0.6) is 17.2 Å². The van der Waals surface area contributed by atoms with E-state index in [1.165, 1.54) is 0 Å². The molecule has 2 fully saturated rings. The molecule has 10 rings (SSSR count). The van der Waals surface area contributed by atoms with Crippen LogP contribution in [0.1, 0.15) is 88.0 Å². The minimum absolute atomic E-state index is 0.00264. The Bertz CT molecular complexity index is 3160. The Morgan fingerprint density at radius 3 is 1.87 bits per heavy atom. The zero-order valence-electron chi connectivity index (χ0n) is 48.9. The van der Waals surface area contributed by atoms with Gasteiger partial charge in [0.25, 0.3) is 5.91 Å². The standard InChI is InChI=1S/C65H82N6O11Si/c1-7-80-50-21-26-56-44(34-50)36-54(66-28-9-11-31-72)62(76)70(56)46-16-13-15-43(33-46)40-69-58-25-18-47(71-57-27-22-51(81-8-2)35-45(57)37-55(63(71)77)67-29-10-12-32-73)38-53(58)65(64(69)78)42(3)61(83(5,6)52-23-19-49(79-4)20-24-52)59(82-65)39-60(75)68-30-14-17-48(68)41-74/h13,15-16,18-27,33-35,38,42,48,54-55,59,61,66-67,72-74H,7-12,14,17,28-32,36-37,39-41H2,1-6H3/t42-,48+,54?,55?,59+,61-,65+/m1/s1. The van der Waals surface area contributed by atoms with E-state index in [4.69, 9.17) is 18.9 Å². The quantitative estimate of drug-likeness (QED) is 0.0300. The predicted octanol–water partition coefficient (Wildman–Crippen LogP) is 7.53. The van der Waals surface area contributed by atoms with E-state index in [2.05, 4.69) is 42.8 Å². The Labute approximate surface area is 488 Å².